The molecule has 0 radical (unpaired) electrons. The molecule has 23 heavy (non-hydrogen) atoms. The Labute approximate surface area is 132 Å². The van der Waals surface area contributed by atoms with Crippen molar-refractivity contribution in [2.45, 2.75) is 6.42 Å². The van der Waals surface area contributed by atoms with Gasteiger partial charge in [0.25, 0.3) is 11.6 Å². The Morgan fingerprint density at radius 2 is 1.78 bits per heavy atom. The zero-order valence-corrected chi connectivity index (χ0v) is 12.3. The normalized spacial score (nSPS) is 10.1. The first-order valence-corrected chi connectivity index (χ1v) is 7.09. The van der Waals surface area contributed by atoms with E-state index in [1.807, 2.05) is 0 Å². The van der Waals surface area contributed by atoms with Crippen LogP contribution in [0.2, 0.25) is 0 Å². The predicted molar refractivity (Wildman–Crippen MR) is 84.9 cm³/mol. The molecule has 2 N–H and O–H groups in total. The highest BCUT2D eigenvalue weighted by Gasteiger charge is 2.09. The number of hydrogen-bond acceptors (Lipinski definition) is 4. The van der Waals surface area contributed by atoms with Gasteiger partial charge in [0.2, 0.25) is 0 Å². The maximum Gasteiger partial charge on any atom is 0.269 e. The number of benzene rings is 2. The summed E-state index contributed by atoms with van der Waals surface area (Å²) in [6.07, 6.45) is 0.636. The monoisotopic (exact) mass is 317 g/mol. The Balaban J connectivity index is 1.70. The quantitative estimate of drug-likeness (QED) is 0.467. The summed E-state index contributed by atoms with van der Waals surface area (Å²) >= 11 is 0. The molecule has 0 saturated heterocycles. The van der Waals surface area contributed by atoms with Gasteiger partial charge in [-0.1, -0.05) is 12.1 Å². The van der Waals surface area contributed by atoms with Gasteiger partial charge in [0, 0.05) is 30.9 Å². The number of nitro groups is 1. The van der Waals surface area contributed by atoms with Crippen LogP contribution < -0.4 is 10.6 Å². The third-order valence-electron chi connectivity index (χ3n) is 3.16. The minimum absolute atomic E-state index is 0.0239. The molecule has 2 aromatic rings. The maximum absolute atomic E-state index is 13.4. The molecule has 2 aromatic carbocycles. The number of amides is 1. The van der Waals surface area contributed by atoms with Crippen LogP contribution in [-0.4, -0.2) is 23.9 Å². The van der Waals surface area contributed by atoms with Crippen molar-refractivity contribution in [2.75, 3.05) is 18.4 Å². The van der Waals surface area contributed by atoms with E-state index >= 15 is 0 Å². The lowest BCUT2D eigenvalue weighted by molar-refractivity contribution is -0.384. The van der Waals surface area contributed by atoms with Crippen LogP contribution in [0.4, 0.5) is 15.8 Å². The van der Waals surface area contributed by atoms with Crippen LogP contribution in [0, 0.1) is 15.9 Å². The van der Waals surface area contributed by atoms with Gasteiger partial charge in [-0.2, -0.15) is 0 Å². The molecule has 7 heteroatoms. The van der Waals surface area contributed by atoms with Crippen LogP contribution in [0.5, 0.6) is 0 Å². The van der Waals surface area contributed by atoms with E-state index in [2.05, 4.69) is 10.6 Å². The fourth-order valence-electron chi connectivity index (χ4n) is 1.96. The average molecular weight is 317 g/mol. The number of nitro benzene ring substituents is 1. The van der Waals surface area contributed by atoms with Crippen LogP contribution in [0.15, 0.2) is 48.5 Å². The van der Waals surface area contributed by atoms with E-state index in [1.165, 1.54) is 30.3 Å². The van der Waals surface area contributed by atoms with Gasteiger partial charge in [0.1, 0.15) is 5.82 Å². The second kappa shape index (κ2) is 7.88. The van der Waals surface area contributed by atoms with Crippen molar-refractivity contribution in [2.24, 2.45) is 0 Å². The lowest BCUT2D eigenvalue weighted by Crippen LogP contribution is -2.26. The second-order valence-electron chi connectivity index (χ2n) is 4.82. The lowest BCUT2D eigenvalue weighted by Gasteiger charge is -2.08. The zero-order valence-electron chi connectivity index (χ0n) is 12.3. The number of halogens is 1. The van der Waals surface area contributed by atoms with Gasteiger partial charge in [0.05, 0.1) is 10.5 Å². The summed E-state index contributed by atoms with van der Waals surface area (Å²) in [5, 5.41) is 16.3. The van der Waals surface area contributed by atoms with E-state index in [9.17, 15) is 19.3 Å². The van der Waals surface area contributed by atoms with Crippen LogP contribution in [0.3, 0.4) is 0 Å². The Bertz CT molecular complexity index is 689. The van der Waals surface area contributed by atoms with Crippen molar-refractivity contribution in [3.8, 4) is 0 Å². The minimum atomic E-state index is -0.547. The topological polar surface area (TPSA) is 84.3 Å². The molecule has 120 valence electrons. The van der Waals surface area contributed by atoms with Gasteiger partial charge in [-0.25, -0.2) is 4.39 Å². The van der Waals surface area contributed by atoms with E-state index in [-0.39, 0.29) is 11.3 Å². The molecular weight excluding hydrogens is 301 g/mol. The largest absolute Gasteiger partial charge is 0.385 e. The highest BCUT2D eigenvalue weighted by molar-refractivity contribution is 5.94. The second-order valence-corrected chi connectivity index (χ2v) is 4.82. The third-order valence-corrected chi connectivity index (χ3v) is 3.16. The summed E-state index contributed by atoms with van der Waals surface area (Å²) in [5.74, 6) is -0.993. The summed E-state index contributed by atoms with van der Waals surface area (Å²) in [4.78, 5) is 21.8. The van der Waals surface area contributed by atoms with Crippen molar-refractivity contribution >= 4 is 17.3 Å². The van der Waals surface area contributed by atoms with Gasteiger partial charge in [-0.15, -0.1) is 0 Å². The molecule has 0 atom stereocenters. The number of non-ortho nitro benzene ring substituents is 1. The standard InChI is InChI=1S/C16H16FN3O3/c17-15-5-2-1-4-14(15)16(21)19-11-3-10-18-12-6-8-13(9-7-12)20(22)23/h1-2,4-9,18H,3,10-11H2,(H,19,21). The maximum atomic E-state index is 13.4. The summed E-state index contributed by atoms with van der Waals surface area (Å²) in [6.45, 7) is 0.975. The van der Waals surface area contributed by atoms with E-state index in [1.54, 1.807) is 18.2 Å². The molecule has 0 fully saturated rings. The first kappa shape index (κ1) is 16.4. The van der Waals surface area contributed by atoms with Crippen molar-refractivity contribution in [1.82, 2.24) is 5.32 Å². The van der Waals surface area contributed by atoms with Gasteiger partial charge in [-0.3, -0.25) is 14.9 Å². The molecule has 0 bridgehead atoms. The van der Waals surface area contributed by atoms with Gasteiger partial charge in [-0.05, 0) is 30.7 Å². The molecule has 1 amide bonds. The molecule has 0 spiro atoms. The van der Waals surface area contributed by atoms with Crippen molar-refractivity contribution in [1.29, 1.82) is 0 Å². The molecule has 0 aliphatic heterocycles. The average Bonchev–Trinajstić information content (AvgIpc) is 2.55. The molecule has 0 aliphatic carbocycles. The Morgan fingerprint density at radius 1 is 1.09 bits per heavy atom. The van der Waals surface area contributed by atoms with Crippen molar-refractivity contribution in [3.05, 3.63) is 70.0 Å². The summed E-state index contributed by atoms with van der Waals surface area (Å²) in [5.41, 5.74) is 0.819. The summed E-state index contributed by atoms with van der Waals surface area (Å²) in [6, 6.07) is 11.9. The van der Waals surface area contributed by atoms with Crippen molar-refractivity contribution in [3.63, 3.8) is 0 Å². The molecule has 2 rings (SSSR count). The number of anilines is 1. The van der Waals surface area contributed by atoms with Crippen LogP contribution in [-0.2, 0) is 0 Å². The highest BCUT2D eigenvalue weighted by Crippen LogP contribution is 2.15. The third kappa shape index (κ3) is 4.77. The van der Waals surface area contributed by atoms with E-state index < -0.39 is 16.6 Å². The van der Waals surface area contributed by atoms with Gasteiger partial charge >= 0.3 is 0 Å². The lowest BCUT2D eigenvalue weighted by atomic mass is 10.2. The first-order chi connectivity index (χ1) is 11.1. The molecule has 0 aromatic heterocycles. The molecule has 0 aliphatic rings. The fourth-order valence-corrected chi connectivity index (χ4v) is 1.96. The molecule has 0 saturated carbocycles. The predicted octanol–water partition coefficient (Wildman–Crippen LogP) is 2.97. The Morgan fingerprint density at radius 3 is 2.43 bits per heavy atom. The fraction of sp³-hybridized carbons (Fsp3) is 0.188. The van der Waals surface area contributed by atoms with Gasteiger partial charge < -0.3 is 10.6 Å². The molecule has 0 heterocycles. The van der Waals surface area contributed by atoms with Crippen molar-refractivity contribution < 1.29 is 14.1 Å². The first-order valence-electron chi connectivity index (χ1n) is 7.09. The number of carbonyl (C=O) groups excluding carboxylic acids is 1. The number of carbonyl (C=O) groups is 1. The molecule has 6 nitrogen and oxygen atoms in total. The number of rotatable bonds is 7. The van der Waals surface area contributed by atoms with E-state index in [4.69, 9.17) is 0 Å². The Kier molecular flexibility index (Phi) is 5.62. The smallest absolute Gasteiger partial charge is 0.269 e. The molecular formula is C16H16FN3O3. The molecule has 0 unspecified atom stereocenters. The van der Waals surface area contributed by atoms with Crippen LogP contribution in [0.1, 0.15) is 16.8 Å². The number of nitrogens with zero attached hydrogens (tertiary/aromatic N) is 1. The van der Waals surface area contributed by atoms with Gasteiger partial charge in [0.15, 0.2) is 0 Å². The van der Waals surface area contributed by atoms with Crippen LogP contribution in [0.25, 0.3) is 0 Å². The SMILES string of the molecule is O=C(NCCCNc1ccc([N+](=O)[O-])cc1)c1ccccc1F. The highest BCUT2D eigenvalue weighted by atomic mass is 19.1. The zero-order chi connectivity index (χ0) is 16.7. The number of hydrogen-bond donors (Lipinski definition) is 2. The van der Waals surface area contributed by atoms with Crippen LogP contribution >= 0.6 is 0 Å². The summed E-state index contributed by atoms with van der Waals surface area (Å²) < 4.78 is 13.4. The van der Waals surface area contributed by atoms with E-state index in [0.29, 0.717) is 19.5 Å². The number of nitrogens with one attached hydrogen (secondary N) is 2. The minimum Gasteiger partial charge on any atom is -0.385 e. The van der Waals surface area contributed by atoms with E-state index in [0.717, 1.165) is 5.69 Å². The Hall–Kier alpha value is -2.96. The summed E-state index contributed by atoms with van der Waals surface area (Å²) in [7, 11) is 0.